The summed E-state index contributed by atoms with van der Waals surface area (Å²) in [5.41, 5.74) is -3.90. The fourth-order valence-electron chi connectivity index (χ4n) is 11.0. The third-order valence-corrected chi connectivity index (χ3v) is 26.4. The highest BCUT2D eigenvalue weighted by molar-refractivity contribution is 7.70. The molecule has 15 atom stereocenters. The molecule has 11 rings (SSSR count). The molecule has 8 heterocycles. The second-order valence-electron chi connectivity index (χ2n) is 23.9. The summed E-state index contributed by atoms with van der Waals surface area (Å²) in [5.74, 6) is -8.01. The number of hydrogen-bond donors (Lipinski definition) is 15. The van der Waals surface area contributed by atoms with Gasteiger partial charge in [-0.1, -0.05) is 65.8 Å². The summed E-state index contributed by atoms with van der Waals surface area (Å²) >= 11 is 0. The fourth-order valence-corrected chi connectivity index (χ4v) is 18.7. The van der Waals surface area contributed by atoms with E-state index >= 15 is 0 Å². The van der Waals surface area contributed by atoms with Crippen LogP contribution in [0.15, 0.2) is 149 Å². The molecule has 43 nitrogen and oxygen atoms in total. The molecular weight excluding hydrogens is 1550 g/mol. The Bertz CT molecular complexity index is 5210. The summed E-state index contributed by atoms with van der Waals surface area (Å²) in [5, 5.41) is 71.5. The maximum atomic E-state index is 14.7. The van der Waals surface area contributed by atoms with Crippen LogP contribution in [0, 0.1) is 0 Å². The van der Waals surface area contributed by atoms with E-state index in [9.17, 15) is 110 Å². The molecule has 15 N–H and O–H groups in total. The monoisotopic (exact) mass is 1620 g/mol. The summed E-state index contributed by atoms with van der Waals surface area (Å²) < 4.78 is 139. The Labute approximate surface area is 589 Å². The van der Waals surface area contributed by atoms with Crippen LogP contribution >= 0.6 is 45.6 Å². The molecule has 0 aliphatic carbocycles. The first-order valence-electron chi connectivity index (χ1n) is 30.5. The van der Waals surface area contributed by atoms with Gasteiger partial charge in [-0.25, -0.2) is 14.4 Å². The van der Waals surface area contributed by atoms with Crippen molar-refractivity contribution < 1.29 is 143 Å². The molecule has 580 valence electrons. The Morgan fingerprint density at radius 1 is 0.453 bits per heavy atom. The molecule has 0 saturated carbocycles. The smallest absolute Gasteiger partial charge is 0.340 e. The minimum atomic E-state index is -4.92. The van der Waals surface area contributed by atoms with Gasteiger partial charge in [-0.05, 0) is 18.2 Å². The van der Waals surface area contributed by atoms with E-state index in [0.717, 1.165) is 78.1 Å². The maximum absolute atomic E-state index is 14.7. The SMILES string of the molecule is Cn1nc(Cn2c(=O)ccn([C@@H]3O[C@H](COP(=O)(O)CP(=O)(O)O)[C@H](O)C3O)c2=O)c2ccccc21.O=c1ccn([C@@H]2O[C@H](COP(=O)(O)CP(=O)(O)O)[C@H](O)C2O)c(=O)n1CC(F)(F)c1ccccc1.O=c1ccn([C@@H]2O[C@H](COP(=O)(O)CP(=O)(O)O)[C@H](O)C2O)c(=O)n1Cc1noc2ccccc12. The number of benzene rings is 3. The second kappa shape index (κ2) is 32.7. The van der Waals surface area contributed by atoms with Crippen LogP contribution in [0.1, 0.15) is 35.6 Å². The number of aromatic nitrogens is 9. The molecular formula is C55H67F2N9O34P6. The third-order valence-electron chi connectivity index (χ3n) is 16.0. The first-order chi connectivity index (χ1) is 49.2. The average Bonchev–Trinajstić information content (AvgIpc) is 1.54. The van der Waals surface area contributed by atoms with Crippen LogP contribution in [0.4, 0.5) is 8.78 Å². The van der Waals surface area contributed by atoms with Crippen LogP contribution in [0.3, 0.4) is 0 Å². The number of ether oxygens (including phenoxy) is 3. The van der Waals surface area contributed by atoms with Gasteiger partial charge in [-0.3, -0.25) is 73.9 Å². The lowest BCUT2D eigenvalue weighted by molar-refractivity contribution is -0.0554. The minimum absolute atomic E-state index is 0.187. The first-order valence-corrected chi connectivity index (χ1v) is 41.1. The van der Waals surface area contributed by atoms with Gasteiger partial charge in [0.2, 0.25) is 0 Å². The van der Waals surface area contributed by atoms with E-state index < -0.39 is 209 Å². The van der Waals surface area contributed by atoms with Crippen molar-refractivity contribution in [2.75, 3.05) is 37.5 Å². The summed E-state index contributed by atoms with van der Waals surface area (Å²) in [6.07, 6.45) is -16.6. The molecule has 0 bridgehead atoms. The fraction of sp³-hybridized carbons (Fsp3) is 0.418. The molecule has 0 radical (unpaired) electrons. The number of rotatable bonds is 25. The maximum Gasteiger partial charge on any atom is 0.340 e. The summed E-state index contributed by atoms with van der Waals surface area (Å²) in [4.78, 5) is 158. The number of alkyl halides is 2. The van der Waals surface area contributed by atoms with E-state index in [0.29, 0.717) is 26.9 Å². The van der Waals surface area contributed by atoms with Crippen LogP contribution in [0.25, 0.3) is 21.9 Å². The van der Waals surface area contributed by atoms with Crippen molar-refractivity contribution in [1.29, 1.82) is 0 Å². The number of aliphatic hydroxyl groups excluding tert-OH is 6. The van der Waals surface area contributed by atoms with Gasteiger partial charge in [-0.2, -0.15) is 13.9 Å². The molecule has 3 fully saturated rings. The zero-order valence-corrected chi connectivity index (χ0v) is 59.6. The Morgan fingerprint density at radius 3 is 1.21 bits per heavy atom. The zero-order chi connectivity index (χ0) is 78.1. The number of aliphatic hydroxyl groups is 6. The van der Waals surface area contributed by atoms with Crippen LogP contribution < -0.4 is 33.7 Å². The Kier molecular flexibility index (Phi) is 25.6. The molecule has 0 spiro atoms. The predicted molar refractivity (Wildman–Crippen MR) is 354 cm³/mol. The highest BCUT2D eigenvalue weighted by Crippen LogP contribution is 2.58. The van der Waals surface area contributed by atoms with E-state index in [1.165, 1.54) is 18.2 Å². The van der Waals surface area contributed by atoms with Crippen LogP contribution in [-0.4, -0.2) is 209 Å². The summed E-state index contributed by atoms with van der Waals surface area (Å²) in [6, 6.07) is 23.4. The topological polar surface area (TPSA) is 637 Å². The van der Waals surface area contributed by atoms with Gasteiger partial charge in [0, 0.05) is 60.2 Å². The van der Waals surface area contributed by atoms with Crippen molar-refractivity contribution >= 4 is 67.4 Å². The molecule has 0 amide bonds. The molecule has 3 saturated heterocycles. The van der Waals surface area contributed by atoms with Gasteiger partial charge < -0.3 is 107 Å². The van der Waals surface area contributed by atoms with Crippen LogP contribution in [-0.2, 0) is 87.8 Å². The van der Waals surface area contributed by atoms with Crippen molar-refractivity contribution in [3.8, 4) is 0 Å². The lowest BCUT2D eigenvalue weighted by atomic mass is 10.1. The van der Waals surface area contributed by atoms with Gasteiger partial charge in [-0.15, -0.1) is 0 Å². The van der Waals surface area contributed by atoms with E-state index in [2.05, 4.69) is 23.8 Å². The molecule has 8 aromatic rings. The number of hydrogen-bond acceptors (Lipinski definition) is 27. The Balaban J connectivity index is 0.000000184. The highest BCUT2D eigenvalue weighted by Gasteiger charge is 2.49. The Hall–Kier alpha value is -6.96. The molecule has 106 heavy (non-hydrogen) atoms. The molecule has 5 aromatic heterocycles. The standard InChI is InChI=1S/C19H24N4O11P2.C18H22F2N2O11P2.C18H21N3O12P2/c1-21-13-5-3-2-4-11(13)12(20-21)8-23-15(24)6-7-22(19(23)27)18-17(26)16(25)14(34-18)9-33-36(31,32)10-35(28,29)30;19-18(20,11-4-2-1-3-5-11)9-22-13(23)6-7-21(17(22)26)16-15(25)14(24)12(33-16)8-32-35(30,31)10-34(27,28)29;22-14-5-6-20(18(25)21(14)7-11-10-3-1-2-4-12(10)33-19-11)17-16(24)15(23)13(32-17)8-31-35(29,30)9-34(26,27)28/h2-7,14,16-18,25-26H,8-10H2,1H3,(H,31,32)(H2,28,29,30);1-7,12,14-16,24-25H,8-10H2,(H,30,31)(H2,27,28,29);1-6,13,15-17,23-24H,7-9H2,(H,29,30)(H2,26,27,28)/t14-,16+,17?,18-;12-,14+,15?,16-;13-,15+,16?,17-/m111/s1. The average molecular weight is 1620 g/mol. The van der Waals surface area contributed by atoms with Crippen LogP contribution in [0.5, 0.6) is 0 Å². The number of aryl methyl sites for hydroxylation is 1. The largest absolute Gasteiger partial charge is 0.387 e. The van der Waals surface area contributed by atoms with Gasteiger partial charge in [0.1, 0.15) is 60.6 Å². The Morgan fingerprint density at radius 2 is 0.802 bits per heavy atom. The minimum Gasteiger partial charge on any atom is -0.387 e. The van der Waals surface area contributed by atoms with Gasteiger partial charge in [0.05, 0.1) is 50.7 Å². The highest BCUT2D eigenvalue weighted by atomic mass is 31.2. The lowest BCUT2D eigenvalue weighted by Gasteiger charge is -2.21. The summed E-state index contributed by atoms with van der Waals surface area (Å²) in [7, 11) is -27.3. The van der Waals surface area contributed by atoms with Gasteiger partial charge in [0.15, 0.2) is 42.0 Å². The second-order valence-corrected chi connectivity index (χ2v) is 35.9. The summed E-state index contributed by atoms with van der Waals surface area (Å²) in [6.45, 7) is -4.32. The van der Waals surface area contributed by atoms with Gasteiger partial charge >= 0.3 is 62.6 Å². The van der Waals surface area contributed by atoms with E-state index in [4.69, 9.17) is 48.1 Å². The van der Waals surface area contributed by atoms with Gasteiger partial charge in [0.25, 0.3) is 22.6 Å². The lowest BCUT2D eigenvalue weighted by Crippen LogP contribution is -2.45. The number of nitrogens with zero attached hydrogens (tertiary/aromatic N) is 9. The third kappa shape index (κ3) is 20.3. The molecule has 51 heteroatoms. The van der Waals surface area contributed by atoms with Crippen molar-refractivity contribution in [3.05, 3.63) is 195 Å². The van der Waals surface area contributed by atoms with Crippen molar-refractivity contribution in [2.45, 2.75) is 99.2 Å². The molecule has 3 aliphatic heterocycles. The molecule has 6 unspecified atom stereocenters. The van der Waals surface area contributed by atoms with E-state index in [1.54, 1.807) is 48.1 Å². The normalized spacial score (nSPS) is 24.6. The molecule has 3 aliphatic rings. The van der Waals surface area contributed by atoms with Crippen molar-refractivity contribution in [2.24, 2.45) is 7.05 Å². The van der Waals surface area contributed by atoms with Crippen molar-refractivity contribution in [1.82, 2.24) is 42.3 Å². The molecule has 3 aromatic carbocycles. The number of halogens is 2. The number of para-hydroxylation sites is 2. The quantitative estimate of drug-likeness (QED) is 0.0270. The van der Waals surface area contributed by atoms with E-state index in [-0.39, 0.29) is 17.7 Å². The predicted octanol–water partition coefficient (Wildman–Crippen LogP) is -2.18. The number of fused-ring (bicyclic) bond motifs is 2. The van der Waals surface area contributed by atoms with E-state index in [1.807, 2.05) is 12.1 Å². The zero-order valence-electron chi connectivity index (χ0n) is 54.2. The van der Waals surface area contributed by atoms with Crippen molar-refractivity contribution in [3.63, 3.8) is 0 Å². The van der Waals surface area contributed by atoms with Crippen LogP contribution in [0.2, 0.25) is 0 Å². The first kappa shape index (κ1) is 83.1.